The fourth-order valence-electron chi connectivity index (χ4n) is 2.22. The quantitative estimate of drug-likeness (QED) is 0.860. The number of anilines is 1. The van der Waals surface area contributed by atoms with E-state index in [0.717, 1.165) is 31.9 Å². The second-order valence-corrected chi connectivity index (χ2v) is 4.58. The van der Waals surface area contributed by atoms with Gasteiger partial charge in [0.2, 0.25) is 0 Å². The number of hydrogen-bond donors (Lipinski definition) is 1. The summed E-state index contributed by atoms with van der Waals surface area (Å²) in [4.78, 5) is 4.69. The van der Waals surface area contributed by atoms with Crippen LogP contribution in [0, 0.1) is 5.82 Å². The molecule has 1 aliphatic heterocycles. The second kappa shape index (κ2) is 5.47. The van der Waals surface area contributed by atoms with Crippen LogP contribution in [0.1, 0.15) is 6.92 Å². The Bertz CT molecular complexity index is 344. The van der Waals surface area contributed by atoms with Crippen molar-refractivity contribution in [3.05, 3.63) is 30.1 Å². The van der Waals surface area contributed by atoms with E-state index < -0.39 is 0 Å². The van der Waals surface area contributed by atoms with Crippen LogP contribution in [0.15, 0.2) is 24.3 Å². The van der Waals surface area contributed by atoms with Gasteiger partial charge >= 0.3 is 0 Å². The summed E-state index contributed by atoms with van der Waals surface area (Å²) in [5.41, 5.74) is 6.77. The van der Waals surface area contributed by atoms with Gasteiger partial charge in [-0.1, -0.05) is 0 Å². The first-order valence-electron chi connectivity index (χ1n) is 6.15. The molecule has 94 valence electrons. The molecule has 0 spiro atoms. The van der Waals surface area contributed by atoms with Gasteiger partial charge in [0, 0.05) is 44.5 Å². The third-order valence-corrected chi connectivity index (χ3v) is 3.47. The van der Waals surface area contributed by atoms with Gasteiger partial charge in [-0.25, -0.2) is 4.39 Å². The highest BCUT2D eigenvalue weighted by atomic mass is 19.1. The Morgan fingerprint density at radius 3 is 2.29 bits per heavy atom. The standard InChI is InChI=1S/C13H20FN3/c1-11(10-15)16-6-8-17(9-7-16)13-4-2-12(14)3-5-13/h2-5,11H,6-10,15H2,1H3. The molecule has 3 nitrogen and oxygen atoms in total. The highest BCUT2D eigenvalue weighted by Gasteiger charge is 2.20. The molecule has 1 atom stereocenters. The molecule has 2 N–H and O–H groups in total. The molecule has 0 amide bonds. The molecule has 0 saturated carbocycles. The summed E-state index contributed by atoms with van der Waals surface area (Å²) >= 11 is 0. The molecule has 1 fully saturated rings. The van der Waals surface area contributed by atoms with Crippen LogP contribution < -0.4 is 10.6 Å². The molecule has 0 radical (unpaired) electrons. The van der Waals surface area contributed by atoms with Gasteiger partial charge in [0.1, 0.15) is 5.82 Å². The van der Waals surface area contributed by atoms with E-state index in [9.17, 15) is 4.39 Å². The maximum absolute atomic E-state index is 12.8. The summed E-state index contributed by atoms with van der Waals surface area (Å²) in [6, 6.07) is 7.17. The molecule has 0 aliphatic carbocycles. The maximum atomic E-state index is 12.8. The minimum absolute atomic E-state index is 0.177. The molecule has 1 aromatic carbocycles. The Hall–Kier alpha value is -1.13. The zero-order valence-electron chi connectivity index (χ0n) is 10.3. The van der Waals surface area contributed by atoms with Crippen LogP contribution in [0.25, 0.3) is 0 Å². The Kier molecular flexibility index (Phi) is 3.97. The van der Waals surface area contributed by atoms with Crippen molar-refractivity contribution in [3.63, 3.8) is 0 Å². The van der Waals surface area contributed by atoms with E-state index >= 15 is 0 Å². The van der Waals surface area contributed by atoms with E-state index in [2.05, 4.69) is 16.7 Å². The first kappa shape index (κ1) is 12.3. The van der Waals surface area contributed by atoms with Crippen LogP contribution >= 0.6 is 0 Å². The van der Waals surface area contributed by atoms with Gasteiger partial charge in [-0.15, -0.1) is 0 Å². The fraction of sp³-hybridized carbons (Fsp3) is 0.538. The molecular weight excluding hydrogens is 217 g/mol. The lowest BCUT2D eigenvalue weighted by Gasteiger charge is -2.38. The lowest BCUT2D eigenvalue weighted by molar-refractivity contribution is 0.201. The molecule has 4 heteroatoms. The van der Waals surface area contributed by atoms with Crippen LogP contribution in [-0.2, 0) is 0 Å². The first-order chi connectivity index (χ1) is 8.20. The molecule has 1 aromatic rings. The summed E-state index contributed by atoms with van der Waals surface area (Å²) in [6.07, 6.45) is 0. The van der Waals surface area contributed by atoms with Gasteiger partial charge in [-0.3, -0.25) is 4.90 Å². The molecule has 0 bridgehead atoms. The minimum atomic E-state index is -0.177. The zero-order valence-corrected chi connectivity index (χ0v) is 10.3. The number of halogens is 1. The largest absolute Gasteiger partial charge is 0.369 e. The second-order valence-electron chi connectivity index (χ2n) is 4.58. The third kappa shape index (κ3) is 2.96. The van der Waals surface area contributed by atoms with Crippen LogP contribution in [-0.4, -0.2) is 43.7 Å². The van der Waals surface area contributed by atoms with Crippen LogP contribution in [0.2, 0.25) is 0 Å². The van der Waals surface area contributed by atoms with Gasteiger partial charge in [0.15, 0.2) is 0 Å². The summed E-state index contributed by atoms with van der Waals surface area (Å²) < 4.78 is 12.8. The van der Waals surface area contributed by atoms with Gasteiger partial charge in [0.25, 0.3) is 0 Å². The topological polar surface area (TPSA) is 32.5 Å². The molecule has 0 aromatic heterocycles. The number of nitrogens with two attached hydrogens (primary N) is 1. The van der Waals surface area contributed by atoms with E-state index in [1.807, 2.05) is 12.1 Å². The summed E-state index contributed by atoms with van der Waals surface area (Å²) in [6.45, 7) is 6.88. The molecule has 2 rings (SSSR count). The highest BCUT2D eigenvalue weighted by Crippen LogP contribution is 2.17. The van der Waals surface area contributed by atoms with E-state index in [0.29, 0.717) is 12.6 Å². The minimum Gasteiger partial charge on any atom is -0.369 e. The average Bonchev–Trinajstić information content (AvgIpc) is 2.39. The number of piperazine rings is 1. The lowest BCUT2D eigenvalue weighted by Crippen LogP contribution is -2.51. The molecule has 1 unspecified atom stereocenters. The Morgan fingerprint density at radius 2 is 1.76 bits per heavy atom. The van der Waals surface area contributed by atoms with Crippen molar-refractivity contribution in [2.45, 2.75) is 13.0 Å². The third-order valence-electron chi connectivity index (χ3n) is 3.47. The SMILES string of the molecule is CC(CN)N1CCN(c2ccc(F)cc2)CC1. The Morgan fingerprint density at radius 1 is 1.18 bits per heavy atom. The summed E-state index contributed by atoms with van der Waals surface area (Å²) in [5, 5.41) is 0. The van der Waals surface area contributed by atoms with E-state index in [1.165, 1.54) is 12.1 Å². The average molecular weight is 237 g/mol. The zero-order chi connectivity index (χ0) is 12.3. The Balaban J connectivity index is 1.93. The molecule has 1 aliphatic rings. The number of nitrogens with zero attached hydrogens (tertiary/aromatic N) is 2. The smallest absolute Gasteiger partial charge is 0.123 e. The molecule has 17 heavy (non-hydrogen) atoms. The van der Waals surface area contributed by atoms with E-state index in [1.54, 1.807) is 0 Å². The summed E-state index contributed by atoms with van der Waals surface area (Å²) in [5.74, 6) is -0.177. The fourth-order valence-corrected chi connectivity index (χ4v) is 2.22. The highest BCUT2D eigenvalue weighted by molar-refractivity contribution is 5.46. The van der Waals surface area contributed by atoms with Crippen molar-refractivity contribution >= 4 is 5.69 Å². The van der Waals surface area contributed by atoms with Crippen molar-refractivity contribution in [1.82, 2.24) is 4.90 Å². The van der Waals surface area contributed by atoms with Crippen molar-refractivity contribution in [2.24, 2.45) is 5.73 Å². The van der Waals surface area contributed by atoms with Gasteiger partial charge in [0.05, 0.1) is 0 Å². The first-order valence-corrected chi connectivity index (χ1v) is 6.15. The van der Waals surface area contributed by atoms with Crippen LogP contribution in [0.3, 0.4) is 0 Å². The Labute approximate surface area is 102 Å². The van der Waals surface area contributed by atoms with E-state index in [4.69, 9.17) is 5.73 Å². The number of hydrogen-bond acceptors (Lipinski definition) is 3. The summed E-state index contributed by atoms with van der Waals surface area (Å²) in [7, 11) is 0. The van der Waals surface area contributed by atoms with Crippen molar-refractivity contribution in [1.29, 1.82) is 0 Å². The van der Waals surface area contributed by atoms with Crippen molar-refractivity contribution in [3.8, 4) is 0 Å². The molecule has 1 saturated heterocycles. The van der Waals surface area contributed by atoms with Crippen molar-refractivity contribution < 1.29 is 4.39 Å². The van der Waals surface area contributed by atoms with Crippen LogP contribution in [0.4, 0.5) is 10.1 Å². The van der Waals surface area contributed by atoms with E-state index in [-0.39, 0.29) is 5.82 Å². The van der Waals surface area contributed by atoms with Crippen molar-refractivity contribution in [2.75, 3.05) is 37.6 Å². The normalized spacial score (nSPS) is 19.4. The molecular formula is C13H20FN3. The monoisotopic (exact) mass is 237 g/mol. The van der Waals surface area contributed by atoms with Gasteiger partial charge < -0.3 is 10.6 Å². The van der Waals surface area contributed by atoms with Crippen LogP contribution in [0.5, 0.6) is 0 Å². The van der Waals surface area contributed by atoms with Gasteiger partial charge in [-0.05, 0) is 31.2 Å². The number of benzene rings is 1. The lowest BCUT2D eigenvalue weighted by atomic mass is 10.2. The maximum Gasteiger partial charge on any atom is 0.123 e. The predicted octanol–water partition coefficient (Wildman–Crippen LogP) is 1.29. The van der Waals surface area contributed by atoms with Gasteiger partial charge in [-0.2, -0.15) is 0 Å². The number of rotatable bonds is 3. The predicted molar refractivity (Wildman–Crippen MR) is 68.7 cm³/mol. The molecule has 1 heterocycles.